The zero-order valence-corrected chi connectivity index (χ0v) is 11.3. The van der Waals surface area contributed by atoms with Crippen LogP contribution in [0, 0.1) is 0 Å². The van der Waals surface area contributed by atoms with Crippen LogP contribution in [0.2, 0.25) is 0 Å². The molecule has 0 aromatic carbocycles. The normalized spacial score (nSPS) is 24.1. The highest BCUT2D eigenvalue weighted by molar-refractivity contribution is 7.10. The van der Waals surface area contributed by atoms with Gasteiger partial charge in [0.15, 0.2) is 0 Å². The molecule has 1 aliphatic rings. The van der Waals surface area contributed by atoms with E-state index < -0.39 is 0 Å². The molecule has 1 fully saturated rings. The molecule has 1 N–H and O–H groups in total. The highest BCUT2D eigenvalue weighted by atomic mass is 32.1. The Morgan fingerprint density at radius 1 is 1.44 bits per heavy atom. The first-order chi connectivity index (χ1) is 7.66. The Morgan fingerprint density at radius 2 is 2.25 bits per heavy atom. The van der Waals surface area contributed by atoms with Crippen molar-refractivity contribution in [2.45, 2.75) is 45.3 Å². The zero-order valence-electron chi connectivity index (χ0n) is 10.4. The quantitative estimate of drug-likeness (QED) is 0.867. The van der Waals surface area contributed by atoms with Crippen LogP contribution in [0.25, 0.3) is 0 Å². The minimum atomic E-state index is 0.497. The second-order valence-corrected chi connectivity index (χ2v) is 5.96. The zero-order chi connectivity index (χ0) is 11.5. The molecule has 2 heterocycles. The number of nitrogens with zero attached hydrogens (tertiary/aromatic N) is 1. The molecule has 1 aromatic heterocycles. The Morgan fingerprint density at radius 3 is 2.81 bits per heavy atom. The standard InChI is InChI=1S/C13H22N2S/c1-10(2)15-7-6-12(9-15)14-11(3)13-5-4-8-16-13/h4-5,8,10-12,14H,6-7,9H2,1-3H3. The van der Waals surface area contributed by atoms with E-state index in [2.05, 4.69) is 48.5 Å². The predicted molar refractivity (Wildman–Crippen MR) is 71.0 cm³/mol. The molecule has 16 heavy (non-hydrogen) atoms. The number of thiophene rings is 1. The molecule has 0 saturated carbocycles. The van der Waals surface area contributed by atoms with Crippen LogP contribution in [0.5, 0.6) is 0 Å². The average molecular weight is 238 g/mol. The Hall–Kier alpha value is -0.380. The van der Waals surface area contributed by atoms with Gasteiger partial charge in [-0.05, 0) is 45.2 Å². The molecule has 3 heteroatoms. The Labute approximate surface area is 103 Å². The van der Waals surface area contributed by atoms with E-state index in [4.69, 9.17) is 0 Å². The van der Waals surface area contributed by atoms with Crippen molar-refractivity contribution < 1.29 is 0 Å². The van der Waals surface area contributed by atoms with Gasteiger partial charge in [0.25, 0.3) is 0 Å². The van der Waals surface area contributed by atoms with Crippen LogP contribution in [0.3, 0.4) is 0 Å². The summed E-state index contributed by atoms with van der Waals surface area (Å²) in [4.78, 5) is 4.00. The van der Waals surface area contributed by atoms with E-state index in [1.807, 2.05) is 11.3 Å². The van der Waals surface area contributed by atoms with E-state index in [9.17, 15) is 0 Å². The third-order valence-corrected chi connectivity index (χ3v) is 4.46. The molecule has 2 rings (SSSR count). The average Bonchev–Trinajstić information content (AvgIpc) is 2.87. The van der Waals surface area contributed by atoms with E-state index in [1.54, 1.807) is 0 Å². The monoisotopic (exact) mass is 238 g/mol. The van der Waals surface area contributed by atoms with Gasteiger partial charge in [0.2, 0.25) is 0 Å². The van der Waals surface area contributed by atoms with Crippen LogP contribution in [-0.2, 0) is 0 Å². The summed E-state index contributed by atoms with van der Waals surface area (Å²) in [5.41, 5.74) is 0. The Kier molecular flexibility index (Phi) is 4.00. The van der Waals surface area contributed by atoms with Crippen molar-refractivity contribution >= 4 is 11.3 Å². The lowest BCUT2D eigenvalue weighted by Crippen LogP contribution is -2.36. The van der Waals surface area contributed by atoms with E-state index in [1.165, 1.54) is 24.4 Å². The van der Waals surface area contributed by atoms with E-state index in [0.717, 1.165) is 0 Å². The second kappa shape index (κ2) is 5.30. The minimum Gasteiger partial charge on any atom is -0.305 e. The van der Waals surface area contributed by atoms with Crippen molar-refractivity contribution in [3.8, 4) is 0 Å². The summed E-state index contributed by atoms with van der Waals surface area (Å²) in [5, 5.41) is 5.89. The molecule has 1 aromatic rings. The highest BCUT2D eigenvalue weighted by Crippen LogP contribution is 2.21. The van der Waals surface area contributed by atoms with Crippen LogP contribution in [0.1, 0.15) is 38.1 Å². The van der Waals surface area contributed by atoms with Crippen molar-refractivity contribution in [3.63, 3.8) is 0 Å². The maximum absolute atomic E-state index is 3.73. The summed E-state index contributed by atoms with van der Waals surface area (Å²) < 4.78 is 0. The van der Waals surface area contributed by atoms with Gasteiger partial charge in [-0.25, -0.2) is 0 Å². The summed E-state index contributed by atoms with van der Waals surface area (Å²) in [6, 6.07) is 6.20. The summed E-state index contributed by atoms with van der Waals surface area (Å²) in [5.74, 6) is 0. The van der Waals surface area contributed by atoms with Crippen molar-refractivity contribution in [3.05, 3.63) is 22.4 Å². The maximum Gasteiger partial charge on any atom is 0.0388 e. The van der Waals surface area contributed by atoms with Gasteiger partial charge in [0.05, 0.1) is 0 Å². The molecule has 90 valence electrons. The third-order valence-electron chi connectivity index (χ3n) is 3.41. The fourth-order valence-electron chi connectivity index (χ4n) is 2.37. The molecule has 0 spiro atoms. The number of rotatable bonds is 4. The molecular weight excluding hydrogens is 216 g/mol. The van der Waals surface area contributed by atoms with Crippen molar-refractivity contribution in [2.24, 2.45) is 0 Å². The van der Waals surface area contributed by atoms with Gasteiger partial charge in [-0.1, -0.05) is 6.07 Å². The van der Waals surface area contributed by atoms with Crippen LogP contribution in [0.4, 0.5) is 0 Å². The topological polar surface area (TPSA) is 15.3 Å². The van der Waals surface area contributed by atoms with Crippen LogP contribution >= 0.6 is 11.3 Å². The molecule has 1 aliphatic heterocycles. The van der Waals surface area contributed by atoms with Crippen LogP contribution < -0.4 is 5.32 Å². The number of hydrogen-bond donors (Lipinski definition) is 1. The molecule has 2 atom stereocenters. The van der Waals surface area contributed by atoms with Gasteiger partial charge in [0.1, 0.15) is 0 Å². The smallest absolute Gasteiger partial charge is 0.0388 e. The Bertz CT molecular complexity index is 308. The number of hydrogen-bond acceptors (Lipinski definition) is 3. The molecular formula is C13H22N2S. The first kappa shape index (κ1) is 12.1. The lowest BCUT2D eigenvalue weighted by atomic mass is 10.2. The first-order valence-corrected chi connectivity index (χ1v) is 7.08. The molecule has 2 unspecified atom stereocenters. The molecule has 0 bridgehead atoms. The van der Waals surface area contributed by atoms with Crippen molar-refractivity contribution in [1.82, 2.24) is 10.2 Å². The number of nitrogens with one attached hydrogen (secondary N) is 1. The Balaban J connectivity index is 1.83. The largest absolute Gasteiger partial charge is 0.305 e. The minimum absolute atomic E-state index is 0.497. The van der Waals surface area contributed by atoms with Crippen molar-refractivity contribution in [1.29, 1.82) is 0 Å². The summed E-state index contributed by atoms with van der Waals surface area (Å²) in [6.07, 6.45) is 1.29. The van der Waals surface area contributed by atoms with Gasteiger partial charge in [-0.15, -0.1) is 11.3 Å². The fraction of sp³-hybridized carbons (Fsp3) is 0.692. The second-order valence-electron chi connectivity index (χ2n) is 4.98. The maximum atomic E-state index is 3.73. The lowest BCUT2D eigenvalue weighted by molar-refractivity contribution is 0.266. The molecule has 0 radical (unpaired) electrons. The van der Waals surface area contributed by atoms with Gasteiger partial charge < -0.3 is 5.32 Å². The van der Waals surface area contributed by atoms with Crippen LogP contribution in [-0.4, -0.2) is 30.1 Å². The van der Waals surface area contributed by atoms with E-state index >= 15 is 0 Å². The van der Waals surface area contributed by atoms with Gasteiger partial charge in [-0.3, -0.25) is 4.90 Å². The van der Waals surface area contributed by atoms with Crippen LogP contribution in [0.15, 0.2) is 17.5 Å². The molecule has 1 saturated heterocycles. The van der Waals surface area contributed by atoms with E-state index in [-0.39, 0.29) is 0 Å². The van der Waals surface area contributed by atoms with Crippen molar-refractivity contribution in [2.75, 3.05) is 13.1 Å². The SMILES string of the molecule is CC(NC1CCN(C(C)C)C1)c1cccs1. The van der Waals surface area contributed by atoms with E-state index in [0.29, 0.717) is 18.1 Å². The van der Waals surface area contributed by atoms with Gasteiger partial charge in [-0.2, -0.15) is 0 Å². The third kappa shape index (κ3) is 2.84. The lowest BCUT2D eigenvalue weighted by Gasteiger charge is -2.22. The number of likely N-dealkylation sites (tertiary alicyclic amines) is 1. The summed E-state index contributed by atoms with van der Waals surface area (Å²) >= 11 is 1.85. The summed E-state index contributed by atoms with van der Waals surface area (Å²) in [7, 11) is 0. The van der Waals surface area contributed by atoms with Gasteiger partial charge >= 0.3 is 0 Å². The molecule has 0 amide bonds. The highest BCUT2D eigenvalue weighted by Gasteiger charge is 2.25. The first-order valence-electron chi connectivity index (χ1n) is 6.20. The fourth-order valence-corrected chi connectivity index (χ4v) is 3.11. The van der Waals surface area contributed by atoms with Gasteiger partial charge in [0, 0.05) is 29.5 Å². The predicted octanol–water partition coefficient (Wildman–Crippen LogP) is 2.88. The summed E-state index contributed by atoms with van der Waals surface area (Å²) in [6.45, 7) is 9.28. The molecule has 0 aliphatic carbocycles. The molecule has 2 nitrogen and oxygen atoms in total.